The average molecular weight is 333 g/mol. The van der Waals surface area contributed by atoms with E-state index in [1.165, 1.54) is 5.56 Å². The molecule has 0 bridgehead atoms. The average Bonchev–Trinajstić information content (AvgIpc) is 3.04. The predicted molar refractivity (Wildman–Crippen MR) is 95.0 cm³/mol. The number of benzene rings is 2. The van der Waals surface area contributed by atoms with Crippen molar-refractivity contribution in [2.24, 2.45) is 0 Å². The standard InChI is InChI=1S/C20H19N3O2/c1-14-6-8-15(9-7-14)10-21-19(24)12-23-20-16(11-22-23)13-25-18-5-3-2-4-17(18)20/h2-9,11H,10,12-13H2,1H3,(H,21,24). The van der Waals surface area contributed by atoms with E-state index in [1.54, 1.807) is 10.9 Å². The van der Waals surface area contributed by atoms with Gasteiger partial charge in [-0.15, -0.1) is 0 Å². The number of hydrogen-bond donors (Lipinski definition) is 1. The van der Waals surface area contributed by atoms with Crippen LogP contribution >= 0.6 is 0 Å². The lowest BCUT2D eigenvalue weighted by Gasteiger charge is -2.19. The summed E-state index contributed by atoms with van der Waals surface area (Å²) in [5.41, 5.74) is 5.24. The lowest BCUT2D eigenvalue weighted by molar-refractivity contribution is -0.122. The molecule has 5 nitrogen and oxygen atoms in total. The Morgan fingerprint density at radius 2 is 2.00 bits per heavy atom. The second-order valence-electron chi connectivity index (χ2n) is 6.22. The molecule has 2 aromatic carbocycles. The van der Waals surface area contributed by atoms with Gasteiger partial charge in [0.2, 0.25) is 5.91 Å². The maximum Gasteiger partial charge on any atom is 0.242 e. The van der Waals surface area contributed by atoms with Crippen molar-refractivity contribution in [3.8, 4) is 17.0 Å². The summed E-state index contributed by atoms with van der Waals surface area (Å²) in [6, 6.07) is 16.0. The summed E-state index contributed by atoms with van der Waals surface area (Å²) in [6.45, 7) is 3.24. The van der Waals surface area contributed by atoms with Crippen molar-refractivity contribution in [1.29, 1.82) is 0 Å². The zero-order valence-corrected chi connectivity index (χ0v) is 14.0. The molecule has 0 aliphatic carbocycles. The molecule has 0 saturated heterocycles. The third kappa shape index (κ3) is 3.13. The summed E-state index contributed by atoms with van der Waals surface area (Å²) < 4.78 is 7.48. The van der Waals surface area contributed by atoms with Gasteiger partial charge in [-0.05, 0) is 24.6 Å². The number of carbonyl (C=O) groups is 1. The quantitative estimate of drug-likeness (QED) is 0.798. The Balaban J connectivity index is 1.48. The Bertz CT molecular complexity index is 913. The van der Waals surface area contributed by atoms with Crippen molar-refractivity contribution in [2.45, 2.75) is 26.6 Å². The number of carbonyl (C=O) groups excluding carboxylic acids is 1. The second-order valence-corrected chi connectivity index (χ2v) is 6.22. The molecule has 126 valence electrons. The van der Waals surface area contributed by atoms with Gasteiger partial charge in [0.25, 0.3) is 0 Å². The SMILES string of the molecule is Cc1ccc(CNC(=O)Cn2ncc3c2-c2ccccc2OC3)cc1. The number of aromatic nitrogens is 2. The van der Waals surface area contributed by atoms with Gasteiger partial charge in [-0.3, -0.25) is 9.48 Å². The minimum absolute atomic E-state index is 0.0598. The number of para-hydroxylation sites is 1. The molecule has 0 spiro atoms. The predicted octanol–water partition coefficient (Wildman–Crippen LogP) is 3.07. The summed E-state index contributed by atoms with van der Waals surface area (Å²) >= 11 is 0. The van der Waals surface area contributed by atoms with E-state index in [-0.39, 0.29) is 12.5 Å². The van der Waals surface area contributed by atoms with Crippen molar-refractivity contribution in [2.75, 3.05) is 0 Å². The highest BCUT2D eigenvalue weighted by Crippen LogP contribution is 2.36. The Kier molecular flexibility index (Phi) is 3.98. The highest BCUT2D eigenvalue weighted by Gasteiger charge is 2.22. The second kappa shape index (κ2) is 6.43. The van der Waals surface area contributed by atoms with Crippen LogP contribution in [0.4, 0.5) is 0 Å². The molecule has 0 fully saturated rings. The highest BCUT2D eigenvalue weighted by molar-refractivity contribution is 5.78. The Labute approximate surface area is 146 Å². The normalized spacial score (nSPS) is 12.0. The van der Waals surface area contributed by atoms with Gasteiger partial charge in [0, 0.05) is 17.7 Å². The Morgan fingerprint density at radius 3 is 2.84 bits per heavy atom. The summed E-state index contributed by atoms with van der Waals surface area (Å²) in [4.78, 5) is 12.3. The molecule has 1 N–H and O–H groups in total. The fourth-order valence-electron chi connectivity index (χ4n) is 3.00. The fraction of sp³-hybridized carbons (Fsp3) is 0.200. The zero-order valence-electron chi connectivity index (χ0n) is 14.0. The van der Waals surface area contributed by atoms with Gasteiger partial charge < -0.3 is 10.1 Å². The fourth-order valence-corrected chi connectivity index (χ4v) is 3.00. The van der Waals surface area contributed by atoms with E-state index < -0.39 is 0 Å². The Morgan fingerprint density at radius 1 is 1.20 bits per heavy atom. The maximum atomic E-state index is 12.3. The smallest absolute Gasteiger partial charge is 0.242 e. The minimum atomic E-state index is -0.0598. The van der Waals surface area contributed by atoms with Crippen LogP contribution in [0.15, 0.2) is 54.7 Å². The maximum absolute atomic E-state index is 12.3. The molecule has 3 aromatic rings. The van der Waals surface area contributed by atoms with Crippen LogP contribution in [0.3, 0.4) is 0 Å². The van der Waals surface area contributed by atoms with Crippen LogP contribution in [-0.4, -0.2) is 15.7 Å². The van der Waals surface area contributed by atoms with Crippen LogP contribution in [0.5, 0.6) is 5.75 Å². The highest BCUT2D eigenvalue weighted by atomic mass is 16.5. The summed E-state index contributed by atoms with van der Waals surface area (Å²) in [6.07, 6.45) is 1.78. The first kappa shape index (κ1) is 15.4. The van der Waals surface area contributed by atoms with Crippen molar-refractivity contribution in [3.05, 3.63) is 71.4 Å². The van der Waals surface area contributed by atoms with Crippen LogP contribution < -0.4 is 10.1 Å². The van der Waals surface area contributed by atoms with Gasteiger partial charge in [-0.2, -0.15) is 5.10 Å². The van der Waals surface area contributed by atoms with E-state index in [9.17, 15) is 4.79 Å². The molecule has 5 heteroatoms. The number of hydrogen-bond acceptors (Lipinski definition) is 3. The molecule has 0 radical (unpaired) electrons. The largest absolute Gasteiger partial charge is 0.488 e. The first-order valence-electron chi connectivity index (χ1n) is 8.30. The van der Waals surface area contributed by atoms with E-state index in [0.717, 1.165) is 28.1 Å². The number of rotatable bonds is 4. The van der Waals surface area contributed by atoms with Crippen molar-refractivity contribution >= 4 is 5.91 Å². The molecule has 1 aromatic heterocycles. The van der Waals surface area contributed by atoms with Gasteiger partial charge in [0.15, 0.2) is 0 Å². The molecular weight excluding hydrogens is 314 g/mol. The van der Waals surface area contributed by atoms with Crippen molar-refractivity contribution < 1.29 is 9.53 Å². The summed E-state index contributed by atoms with van der Waals surface area (Å²) in [5, 5.41) is 7.34. The molecule has 0 atom stereocenters. The van der Waals surface area contributed by atoms with Crippen molar-refractivity contribution in [1.82, 2.24) is 15.1 Å². The monoisotopic (exact) mass is 333 g/mol. The third-order valence-corrected chi connectivity index (χ3v) is 4.34. The molecule has 1 aliphatic heterocycles. The number of amides is 1. The van der Waals surface area contributed by atoms with E-state index in [1.807, 2.05) is 55.5 Å². The minimum Gasteiger partial charge on any atom is -0.488 e. The molecule has 2 heterocycles. The van der Waals surface area contributed by atoms with Gasteiger partial charge in [-0.25, -0.2) is 0 Å². The number of ether oxygens (including phenoxy) is 1. The van der Waals surface area contributed by atoms with Crippen molar-refractivity contribution in [3.63, 3.8) is 0 Å². The van der Waals surface area contributed by atoms with Crippen LogP contribution in [0.25, 0.3) is 11.3 Å². The molecule has 0 saturated carbocycles. The van der Waals surface area contributed by atoms with Crippen LogP contribution in [0.2, 0.25) is 0 Å². The van der Waals surface area contributed by atoms with Gasteiger partial charge >= 0.3 is 0 Å². The molecule has 1 aliphatic rings. The first-order chi connectivity index (χ1) is 12.2. The topological polar surface area (TPSA) is 56.2 Å². The molecule has 0 unspecified atom stereocenters. The third-order valence-electron chi connectivity index (χ3n) is 4.34. The van der Waals surface area contributed by atoms with E-state index in [0.29, 0.717) is 13.2 Å². The number of nitrogens with zero attached hydrogens (tertiary/aromatic N) is 2. The summed E-state index contributed by atoms with van der Waals surface area (Å²) in [7, 11) is 0. The van der Waals surface area contributed by atoms with E-state index >= 15 is 0 Å². The molecule has 1 amide bonds. The number of aryl methyl sites for hydroxylation is 1. The lowest BCUT2D eigenvalue weighted by atomic mass is 10.0. The van der Waals surface area contributed by atoms with E-state index in [2.05, 4.69) is 10.4 Å². The summed E-state index contributed by atoms with van der Waals surface area (Å²) in [5.74, 6) is 0.771. The number of fused-ring (bicyclic) bond motifs is 3. The van der Waals surface area contributed by atoms with E-state index in [4.69, 9.17) is 4.74 Å². The van der Waals surface area contributed by atoms with Gasteiger partial charge in [0.05, 0.1) is 11.9 Å². The molecular formula is C20H19N3O2. The Hall–Kier alpha value is -3.08. The van der Waals surface area contributed by atoms with Crippen LogP contribution in [0.1, 0.15) is 16.7 Å². The first-order valence-corrected chi connectivity index (χ1v) is 8.30. The molecule has 4 rings (SSSR count). The van der Waals surface area contributed by atoms with Crippen LogP contribution in [-0.2, 0) is 24.5 Å². The molecule has 25 heavy (non-hydrogen) atoms. The lowest BCUT2D eigenvalue weighted by Crippen LogP contribution is -2.28. The van der Waals surface area contributed by atoms with Gasteiger partial charge in [-0.1, -0.05) is 42.0 Å². The van der Waals surface area contributed by atoms with Crippen LogP contribution in [0, 0.1) is 6.92 Å². The number of nitrogens with one attached hydrogen (secondary N) is 1. The van der Waals surface area contributed by atoms with Gasteiger partial charge in [0.1, 0.15) is 18.9 Å². The zero-order chi connectivity index (χ0) is 17.2.